The average Bonchev–Trinajstić information content (AvgIpc) is 2.27. The molecule has 1 saturated heterocycles. The summed E-state index contributed by atoms with van der Waals surface area (Å²) in [5, 5.41) is 0. The molecule has 1 atom stereocenters. The summed E-state index contributed by atoms with van der Waals surface area (Å²) in [4.78, 5) is 13.9. The van der Waals surface area contributed by atoms with Crippen LogP contribution in [-0.2, 0) is 16.0 Å². The second-order valence-corrected chi connectivity index (χ2v) is 4.54. The second kappa shape index (κ2) is 5.54. The minimum atomic E-state index is -0.667. The normalized spacial score (nSPS) is 20.9. The summed E-state index contributed by atoms with van der Waals surface area (Å²) in [6, 6.07) is 3.14. The maximum atomic E-state index is 13.0. The van der Waals surface area contributed by atoms with Crippen molar-refractivity contribution in [2.45, 2.75) is 12.5 Å². The number of hydrogen-bond acceptors (Lipinski definition) is 3. The predicted molar refractivity (Wildman–Crippen MR) is 62.3 cm³/mol. The maximum absolute atomic E-state index is 13.0. The standard InChI is InChI=1S/C13H15F2NO2/c1-16-2-3-18-13(8-16)12(17)6-9-4-10(14)7-11(15)5-9/h4-5,7,13H,2-3,6,8H2,1H3. The van der Waals surface area contributed by atoms with E-state index in [9.17, 15) is 13.6 Å². The Morgan fingerprint density at radius 3 is 2.67 bits per heavy atom. The van der Waals surface area contributed by atoms with Crippen LogP contribution in [0.1, 0.15) is 5.56 Å². The quantitative estimate of drug-likeness (QED) is 0.818. The van der Waals surface area contributed by atoms with Gasteiger partial charge in [0.1, 0.15) is 17.7 Å². The first-order chi connectivity index (χ1) is 8.54. The smallest absolute Gasteiger partial charge is 0.167 e. The molecule has 0 radical (unpaired) electrons. The number of halogens is 2. The molecule has 1 aliphatic heterocycles. The van der Waals surface area contributed by atoms with E-state index >= 15 is 0 Å². The SMILES string of the molecule is CN1CCOC(C(=O)Cc2cc(F)cc(F)c2)C1. The van der Waals surface area contributed by atoms with Gasteiger partial charge in [-0.05, 0) is 24.7 Å². The highest BCUT2D eigenvalue weighted by molar-refractivity contribution is 5.85. The van der Waals surface area contributed by atoms with Crippen LogP contribution in [0, 0.1) is 11.6 Å². The molecule has 1 aromatic carbocycles. The lowest BCUT2D eigenvalue weighted by molar-refractivity contribution is -0.134. The van der Waals surface area contributed by atoms with Crippen LogP contribution in [-0.4, -0.2) is 43.5 Å². The number of rotatable bonds is 3. The zero-order valence-electron chi connectivity index (χ0n) is 10.2. The van der Waals surface area contributed by atoms with E-state index in [2.05, 4.69) is 0 Å². The molecule has 5 heteroatoms. The lowest BCUT2D eigenvalue weighted by atomic mass is 10.0. The van der Waals surface area contributed by atoms with E-state index in [1.165, 1.54) is 12.1 Å². The summed E-state index contributed by atoms with van der Waals surface area (Å²) in [7, 11) is 1.91. The van der Waals surface area contributed by atoms with Crippen LogP contribution in [0.15, 0.2) is 18.2 Å². The zero-order valence-corrected chi connectivity index (χ0v) is 10.2. The topological polar surface area (TPSA) is 29.5 Å². The van der Waals surface area contributed by atoms with Crippen LogP contribution in [0.4, 0.5) is 8.78 Å². The molecule has 1 unspecified atom stereocenters. The van der Waals surface area contributed by atoms with Crippen LogP contribution in [0.2, 0.25) is 0 Å². The van der Waals surface area contributed by atoms with Gasteiger partial charge in [-0.15, -0.1) is 0 Å². The van der Waals surface area contributed by atoms with Gasteiger partial charge in [-0.2, -0.15) is 0 Å². The van der Waals surface area contributed by atoms with E-state index in [0.29, 0.717) is 18.7 Å². The van der Waals surface area contributed by atoms with Crippen molar-refractivity contribution >= 4 is 5.78 Å². The summed E-state index contributed by atoms with van der Waals surface area (Å²) in [5.41, 5.74) is 0.342. The number of morpholine rings is 1. The van der Waals surface area contributed by atoms with Crippen molar-refractivity contribution in [1.29, 1.82) is 0 Å². The third kappa shape index (κ3) is 3.34. The first-order valence-corrected chi connectivity index (χ1v) is 5.82. The Balaban J connectivity index is 2.02. The number of ketones is 1. The van der Waals surface area contributed by atoms with Crippen molar-refractivity contribution in [3.8, 4) is 0 Å². The van der Waals surface area contributed by atoms with Crippen LogP contribution in [0.25, 0.3) is 0 Å². The van der Waals surface area contributed by atoms with Gasteiger partial charge in [0.05, 0.1) is 6.61 Å². The lowest BCUT2D eigenvalue weighted by Gasteiger charge is -2.29. The van der Waals surface area contributed by atoms with Crippen molar-refractivity contribution in [1.82, 2.24) is 4.90 Å². The molecule has 3 nitrogen and oxygen atoms in total. The van der Waals surface area contributed by atoms with Crippen LogP contribution < -0.4 is 0 Å². The van der Waals surface area contributed by atoms with Crippen LogP contribution in [0.5, 0.6) is 0 Å². The number of nitrogens with zero attached hydrogens (tertiary/aromatic N) is 1. The minimum Gasteiger partial charge on any atom is -0.368 e. The van der Waals surface area contributed by atoms with E-state index in [-0.39, 0.29) is 12.2 Å². The van der Waals surface area contributed by atoms with Crippen molar-refractivity contribution < 1.29 is 18.3 Å². The molecule has 1 heterocycles. The number of Topliss-reactive ketones (excluding diaryl/α,β-unsaturated/α-hetero) is 1. The Morgan fingerprint density at radius 2 is 2.06 bits per heavy atom. The van der Waals surface area contributed by atoms with Gasteiger partial charge in [0.2, 0.25) is 0 Å². The summed E-state index contributed by atoms with van der Waals surface area (Å²) >= 11 is 0. The largest absolute Gasteiger partial charge is 0.368 e. The Labute approximate surface area is 104 Å². The van der Waals surface area contributed by atoms with Crippen molar-refractivity contribution in [2.75, 3.05) is 26.7 Å². The molecule has 0 saturated carbocycles. The Hall–Kier alpha value is -1.33. The monoisotopic (exact) mass is 255 g/mol. The van der Waals surface area contributed by atoms with Gasteiger partial charge in [0, 0.05) is 25.6 Å². The van der Waals surface area contributed by atoms with E-state index in [0.717, 1.165) is 12.6 Å². The highest BCUT2D eigenvalue weighted by Gasteiger charge is 2.24. The van der Waals surface area contributed by atoms with Gasteiger partial charge < -0.3 is 9.64 Å². The Bertz CT molecular complexity index is 430. The van der Waals surface area contributed by atoms with Gasteiger partial charge in [-0.3, -0.25) is 4.79 Å². The molecule has 18 heavy (non-hydrogen) atoms. The Morgan fingerprint density at radius 1 is 1.39 bits per heavy atom. The summed E-state index contributed by atoms with van der Waals surface area (Å²) in [5.74, 6) is -1.48. The van der Waals surface area contributed by atoms with E-state index in [1.54, 1.807) is 0 Å². The number of likely N-dealkylation sites (N-methyl/N-ethyl adjacent to an activating group) is 1. The van der Waals surface area contributed by atoms with Crippen LogP contribution >= 0.6 is 0 Å². The third-order valence-corrected chi connectivity index (χ3v) is 2.93. The fourth-order valence-corrected chi connectivity index (χ4v) is 2.00. The van der Waals surface area contributed by atoms with Crippen molar-refractivity contribution in [3.05, 3.63) is 35.4 Å². The molecule has 1 fully saturated rings. The van der Waals surface area contributed by atoms with Gasteiger partial charge >= 0.3 is 0 Å². The van der Waals surface area contributed by atoms with Gasteiger partial charge in [-0.25, -0.2) is 8.78 Å². The van der Waals surface area contributed by atoms with Gasteiger partial charge in [0.15, 0.2) is 5.78 Å². The molecule has 0 aliphatic carbocycles. The Kier molecular flexibility index (Phi) is 4.04. The van der Waals surface area contributed by atoms with E-state index < -0.39 is 17.7 Å². The number of ether oxygens (including phenoxy) is 1. The summed E-state index contributed by atoms with van der Waals surface area (Å²) < 4.78 is 31.3. The first kappa shape index (κ1) is 13.1. The third-order valence-electron chi connectivity index (χ3n) is 2.93. The fraction of sp³-hybridized carbons (Fsp3) is 0.462. The molecular formula is C13H15F2NO2. The van der Waals surface area contributed by atoms with Gasteiger partial charge in [0.25, 0.3) is 0 Å². The molecule has 0 spiro atoms. The molecule has 0 aromatic heterocycles. The first-order valence-electron chi connectivity index (χ1n) is 5.82. The number of carbonyl (C=O) groups excluding carboxylic acids is 1. The number of hydrogen-bond donors (Lipinski definition) is 0. The van der Waals surface area contributed by atoms with Crippen molar-refractivity contribution in [2.24, 2.45) is 0 Å². The van der Waals surface area contributed by atoms with E-state index in [4.69, 9.17) is 4.74 Å². The predicted octanol–water partition coefficient (Wildman–Crippen LogP) is 1.41. The second-order valence-electron chi connectivity index (χ2n) is 4.54. The van der Waals surface area contributed by atoms with Gasteiger partial charge in [-0.1, -0.05) is 0 Å². The molecule has 2 rings (SSSR count). The highest BCUT2D eigenvalue weighted by atomic mass is 19.1. The highest BCUT2D eigenvalue weighted by Crippen LogP contribution is 2.12. The minimum absolute atomic E-state index is 0.00676. The number of carbonyl (C=O) groups is 1. The maximum Gasteiger partial charge on any atom is 0.167 e. The summed E-state index contributed by atoms with van der Waals surface area (Å²) in [6.07, 6.45) is -0.511. The molecule has 0 amide bonds. The average molecular weight is 255 g/mol. The molecule has 0 bridgehead atoms. The van der Waals surface area contributed by atoms with Crippen LogP contribution in [0.3, 0.4) is 0 Å². The lowest BCUT2D eigenvalue weighted by Crippen LogP contribution is -2.44. The van der Waals surface area contributed by atoms with Crippen molar-refractivity contribution in [3.63, 3.8) is 0 Å². The number of benzene rings is 1. The molecular weight excluding hydrogens is 240 g/mol. The molecule has 1 aliphatic rings. The fourth-order valence-electron chi connectivity index (χ4n) is 2.00. The zero-order chi connectivity index (χ0) is 13.1. The summed E-state index contributed by atoms with van der Waals surface area (Å²) in [6.45, 7) is 1.82. The van der Waals surface area contributed by atoms with E-state index in [1.807, 2.05) is 11.9 Å². The molecule has 98 valence electrons. The molecule has 1 aromatic rings. The molecule has 0 N–H and O–H groups in total.